The van der Waals surface area contributed by atoms with Crippen LogP contribution in [0.4, 0.5) is 0 Å². The van der Waals surface area contributed by atoms with Crippen LogP contribution in [0.25, 0.3) is 0 Å². The van der Waals surface area contributed by atoms with Crippen LogP contribution in [0.3, 0.4) is 0 Å². The summed E-state index contributed by atoms with van der Waals surface area (Å²) in [7, 11) is 1.76. The Morgan fingerprint density at radius 3 is 1.55 bits per heavy atom. The van der Waals surface area contributed by atoms with Crippen molar-refractivity contribution in [3.05, 3.63) is 12.2 Å². The van der Waals surface area contributed by atoms with Gasteiger partial charge < -0.3 is 4.74 Å². The first kappa shape index (κ1) is 19.7. The Labute approximate surface area is 128 Å². The minimum atomic E-state index is 0.856. The lowest BCUT2D eigenvalue weighted by atomic mass is 10.0. The molecular formula is C19H38O. The van der Waals surface area contributed by atoms with Gasteiger partial charge in [0.1, 0.15) is 0 Å². The average molecular weight is 283 g/mol. The third kappa shape index (κ3) is 17.7. The van der Waals surface area contributed by atoms with Crippen LogP contribution in [0.1, 0.15) is 96.8 Å². The van der Waals surface area contributed by atoms with Gasteiger partial charge in [-0.3, -0.25) is 0 Å². The SMILES string of the molecule is CCCCCCCCCCCCCCC=CCCOC. The smallest absolute Gasteiger partial charge is 0.0496 e. The van der Waals surface area contributed by atoms with Gasteiger partial charge in [0.25, 0.3) is 0 Å². The van der Waals surface area contributed by atoms with E-state index in [4.69, 9.17) is 4.74 Å². The van der Waals surface area contributed by atoms with Crippen molar-refractivity contribution in [2.45, 2.75) is 96.8 Å². The predicted molar refractivity (Wildman–Crippen MR) is 91.3 cm³/mol. The first-order valence-corrected chi connectivity index (χ1v) is 9.05. The number of hydrogen-bond donors (Lipinski definition) is 0. The van der Waals surface area contributed by atoms with E-state index in [0.717, 1.165) is 13.0 Å². The van der Waals surface area contributed by atoms with Crippen molar-refractivity contribution < 1.29 is 4.74 Å². The summed E-state index contributed by atoms with van der Waals surface area (Å²) in [5, 5.41) is 0. The van der Waals surface area contributed by atoms with Crippen LogP contribution in [0.15, 0.2) is 12.2 Å². The lowest BCUT2D eigenvalue weighted by Crippen LogP contribution is -1.84. The van der Waals surface area contributed by atoms with E-state index in [-0.39, 0.29) is 0 Å². The highest BCUT2D eigenvalue weighted by Crippen LogP contribution is 2.12. The van der Waals surface area contributed by atoms with E-state index in [1.54, 1.807) is 7.11 Å². The maximum atomic E-state index is 5.01. The van der Waals surface area contributed by atoms with E-state index in [9.17, 15) is 0 Å². The summed E-state index contributed by atoms with van der Waals surface area (Å²) in [6.45, 7) is 3.14. The van der Waals surface area contributed by atoms with Gasteiger partial charge in [-0.15, -0.1) is 0 Å². The van der Waals surface area contributed by atoms with Gasteiger partial charge in [0.15, 0.2) is 0 Å². The molecule has 0 heterocycles. The second-order valence-corrected chi connectivity index (χ2v) is 5.93. The Morgan fingerprint density at radius 2 is 1.05 bits per heavy atom. The van der Waals surface area contributed by atoms with Gasteiger partial charge in [-0.2, -0.15) is 0 Å². The molecule has 20 heavy (non-hydrogen) atoms. The lowest BCUT2D eigenvalue weighted by molar-refractivity contribution is 0.204. The molecule has 0 bridgehead atoms. The molecule has 0 fully saturated rings. The highest BCUT2D eigenvalue weighted by atomic mass is 16.5. The van der Waals surface area contributed by atoms with Crippen LogP contribution in [-0.2, 0) is 4.74 Å². The van der Waals surface area contributed by atoms with E-state index in [0.29, 0.717) is 0 Å². The Kier molecular flexibility index (Phi) is 18.4. The summed E-state index contributed by atoms with van der Waals surface area (Å²) in [5.74, 6) is 0. The summed E-state index contributed by atoms with van der Waals surface area (Å²) < 4.78 is 5.01. The first-order valence-electron chi connectivity index (χ1n) is 9.05. The van der Waals surface area contributed by atoms with Crippen LogP contribution in [0.5, 0.6) is 0 Å². The number of unbranched alkanes of at least 4 members (excludes halogenated alkanes) is 12. The van der Waals surface area contributed by atoms with E-state index < -0.39 is 0 Å². The molecule has 0 aliphatic heterocycles. The largest absolute Gasteiger partial charge is 0.384 e. The quantitative estimate of drug-likeness (QED) is 0.227. The Bertz CT molecular complexity index is 186. The zero-order chi connectivity index (χ0) is 14.7. The zero-order valence-electron chi connectivity index (χ0n) is 14.2. The van der Waals surface area contributed by atoms with E-state index in [1.165, 1.54) is 83.5 Å². The van der Waals surface area contributed by atoms with Crippen LogP contribution < -0.4 is 0 Å². The molecule has 0 aromatic carbocycles. The fourth-order valence-corrected chi connectivity index (χ4v) is 2.52. The molecule has 1 nitrogen and oxygen atoms in total. The summed E-state index contributed by atoms with van der Waals surface area (Å²) in [6.07, 6.45) is 24.1. The van der Waals surface area contributed by atoms with Gasteiger partial charge in [-0.1, -0.05) is 89.7 Å². The normalized spacial score (nSPS) is 11.5. The summed E-state index contributed by atoms with van der Waals surface area (Å²) in [6, 6.07) is 0. The van der Waals surface area contributed by atoms with Gasteiger partial charge in [-0.05, 0) is 19.3 Å². The summed E-state index contributed by atoms with van der Waals surface area (Å²) in [4.78, 5) is 0. The molecule has 0 aromatic rings. The molecule has 0 spiro atoms. The van der Waals surface area contributed by atoms with Crippen molar-refractivity contribution in [1.82, 2.24) is 0 Å². The van der Waals surface area contributed by atoms with Gasteiger partial charge in [0.2, 0.25) is 0 Å². The standard InChI is InChI=1S/C19H38O/c1-3-4-5-6-7-8-9-10-11-12-13-14-15-16-17-18-19-20-2/h16-17H,3-15,18-19H2,1-2H3. The number of rotatable bonds is 16. The molecule has 0 atom stereocenters. The van der Waals surface area contributed by atoms with Crippen LogP contribution in [-0.4, -0.2) is 13.7 Å². The van der Waals surface area contributed by atoms with Gasteiger partial charge >= 0.3 is 0 Å². The molecule has 0 aliphatic rings. The number of allylic oxidation sites excluding steroid dienone is 1. The number of hydrogen-bond acceptors (Lipinski definition) is 1. The second-order valence-electron chi connectivity index (χ2n) is 5.93. The third-order valence-electron chi connectivity index (χ3n) is 3.88. The molecule has 1 heteroatoms. The second kappa shape index (κ2) is 18.7. The molecule has 0 rings (SSSR count). The fourth-order valence-electron chi connectivity index (χ4n) is 2.52. The van der Waals surface area contributed by atoms with Crippen molar-refractivity contribution in [3.63, 3.8) is 0 Å². The monoisotopic (exact) mass is 282 g/mol. The van der Waals surface area contributed by atoms with E-state index >= 15 is 0 Å². The molecule has 0 N–H and O–H groups in total. The highest BCUT2D eigenvalue weighted by molar-refractivity contribution is 4.81. The molecule has 0 aliphatic carbocycles. The lowest BCUT2D eigenvalue weighted by Gasteiger charge is -2.02. The average Bonchev–Trinajstić information content (AvgIpc) is 2.47. The topological polar surface area (TPSA) is 9.23 Å². The van der Waals surface area contributed by atoms with Crippen LogP contribution >= 0.6 is 0 Å². The van der Waals surface area contributed by atoms with E-state index in [2.05, 4.69) is 19.1 Å². The number of methoxy groups -OCH3 is 1. The molecule has 120 valence electrons. The highest BCUT2D eigenvalue weighted by Gasteiger charge is 1.92. The van der Waals surface area contributed by atoms with Crippen LogP contribution in [0, 0.1) is 0 Å². The Morgan fingerprint density at radius 1 is 0.600 bits per heavy atom. The summed E-state index contributed by atoms with van der Waals surface area (Å²) in [5.41, 5.74) is 0. The van der Waals surface area contributed by atoms with E-state index in [1.807, 2.05) is 0 Å². The molecule has 0 aromatic heterocycles. The van der Waals surface area contributed by atoms with Gasteiger partial charge in [-0.25, -0.2) is 0 Å². The number of ether oxygens (including phenoxy) is 1. The van der Waals surface area contributed by atoms with Crippen molar-refractivity contribution >= 4 is 0 Å². The Balaban J connectivity index is 2.97. The van der Waals surface area contributed by atoms with Crippen molar-refractivity contribution in [3.8, 4) is 0 Å². The van der Waals surface area contributed by atoms with Crippen molar-refractivity contribution in [1.29, 1.82) is 0 Å². The summed E-state index contributed by atoms with van der Waals surface area (Å²) >= 11 is 0. The molecule has 0 saturated heterocycles. The fraction of sp³-hybridized carbons (Fsp3) is 0.895. The maximum absolute atomic E-state index is 5.01. The molecule has 0 radical (unpaired) electrons. The minimum absolute atomic E-state index is 0.856. The van der Waals surface area contributed by atoms with Crippen LogP contribution in [0.2, 0.25) is 0 Å². The third-order valence-corrected chi connectivity index (χ3v) is 3.88. The molecule has 0 saturated carbocycles. The van der Waals surface area contributed by atoms with Gasteiger partial charge in [0, 0.05) is 13.7 Å². The maximum Gasteiger partial charge on any atom is 0.0496 e. The molecular weight excluding hydrogens is 244 g/mol. The zero-order valence-corrected chi connectivity index (χ0v) is 14.2. The molecule has 0 amide bonds. The first-order chi connectivity index (χ1) is 9.91. The Hall–Kier alpha value is -0.300. The van der Waals surface area contributed by atoms with Gasteiger partial charge in [0.05, 0.1) is 0 Å². The molecule has 0 unspecified atom stereocenters. The van der Waals surface area contributed by atoms with Crippen molar-refractivity contribution in [2.24, 2.45) is 0 Å². The predicted octanol–water partition coefficient (Wildman–Crippen LogP) is 6.67. The minimum Gasteiger partial charge on any atom is -0.384 e. The van der Waals surface area contributed by atoms with Crippen molar-refractivity contribution in [2.75, 3.05) is 13.7 Å².